The van der Waals surface area contributed by atoms with Crippen LogP contribution < -0.4 is 10.6 Å². The smallest absolute Gasteiger partial charge is 0.267 e. The van der Waals surface area contributed by atoms with E-state index in [9.17, 15) is 14.7 Å². The Bertz CT molecular complexity index is 1100. The number of fused-ring (bicyclic) bond motifs is 2. The number of carbonyl (C=O) groups excluding carboxylic acids is 2. The van der Waals surface area contributed by atoms with Gasteiger partial charge >= 0.3 is 0 Å². The standard InChI is InChI=1S/C27H38N4O4S2/c1-16(24(33)28-8-9-31-10-12-35-13-11-31)18-6-7-27(3)15-20-22(17(2)21(27)23(18)32)29-26(37-20)30-25(34)19-5-4-14-36-19/h4-5,14,16-18,21,23,32H,6-13,15H2,1-3H3,(H,28,33)(H,29,30,34)/t16-,17-,18+,21+,23-,27+/m0/s1. The van der Waals surface area contributed by atoms with E-state index in [2.05, 4.69) is 29.4 Å². The molecule has 1 saturated carbocycles. The Morgan fingerprint density at radius 3 is 2.86 bits per heavy atom. The summed E-state index contributed by atoms with van der Waals surface area (Å²) in [5.41, 5.74) is 0.924. The molecule has 3 aliphatic rings. The minimum absolute atomic E-state index is 0.0188. The molecule has 5 rings (SSSR count). The number of nitrogens with zero attached hydrogens (tertiary/aromatic N) is 2. The van der Waals surface area contributed by atoms with Gasteiger partial charge in [-0.3, -0.25) is 19.8 Å². The number of thiazole rings is 1. The van der Waals surface area contributed by atoms with Gasteiger partial charge in [-0.15, -0.1) is 22.7 Å². The number of carbonyl (C=O) groups is 2. The van der Waals surface area contributed by atoms with Crippen LogP contribution in [0.5, 0.6) is 0 Å². The number of morpholine rings is 1. The molecule has 2 fully saturated rings. The molecule has 37 heavy (non-hydrogen) atoms. The molecule has 0 bridgehead atoms. The van der Waals surface area contributed by atoms with E-state index in [1.165, 1.54) is 16.2 Å². The third-order valence-corrected chi connectivity index (χ3v) is 10.6. The molecule has 0 spiro atoms. The molecule has 202 valence electrons. The van der Waals surface area contributed by atoms with E-state index in [0.29, 0.717) is 16.6 Å². The quantitative estimate of drug-likeness (QED) is 0.490. The normalized spacial score (nSPS) is 30.7. The van der Waals surface area contributed by atoms with E-state index in [0.717, 1.165) is 57.8 Å². The van der Waals surface area contributed by atoms with Gasteiger partial charge in [-0.2, -0.15) is 0 Å². The van der Waals surface area contributed by atoms with Gasteiger partial charge in [0.15, 0.2) is 5.13 Å². The van der Waals surface area contributed by atoms with Gasteiger partial charge in [-0.05, 0) is 48.0 Å². The second kappa shape index (κ2) is 11.1. The summed E-state index contributed by atoms with van der Waals surface area (Å²) >= 11 is 2.97. The van der Waals surface area contributed by atoms with Crippen LogP contribution in [0.1, 0.15) is 59.8 Å². The Morgan fingerprint density at radius 2 is 2.14 bits per heavy atom. The van der Waals surface area contributed by atoms with Crippen LogP contribution in [-0.2, 0) is 16.0 Å². The summed E-state index contributed by atoms with van der Waals surface area (Å²) in [5, 5.41) is 20.2. The van der Waals surface area contributed by atoms with Gasteiger partial charge in [0.1, 0.15) is 0 Å². The Morgan fingerprint density at radius 1 is 1.35 bits per heavy atom. The molecule has 0 unspecified atom stereocenters. The Kier molecular flexibility index (Phi) is 8.02. The van der Waals surface area contributed by atoms with Gasteiger partial charge < -0.3 is 15.2 Å². The van der Waals surface area contributed by atoms with Crippen LogP contribution in [0.15, 0.2) is 17.5 Å². The molecule has 6 atom stereocenters. The number of hydrogen-bond acceptors (Lipinski definition) is 8. The van der Waals surface area contributed by atoms with Crippen molar-refractivity contribution in [2.45, 2.75) is 52.1 Å². The topological polar surface area (TPSA) is 104 Å². The summed E-state index contributed by atoms with van der Waals surface area (Å²) in [6, 6.07) is 3.67. The molecular weight excluding hydrogens is 508 g/mol. The molecule has 8 nitrogen and oxygen atoms in total. The van der Waals surface area contributed by atoms with Crippen LogP contribution in [0.2, 0.25) is 0 Å². The van der Waals surface area contributed by atoms with Crippen molar-refractivity contribution in [3.05, 3.63) is 33.0 Å². The second-order valence-corrected chi connectivity index (χ2v) is 13.2. The SMILES string of the molecule is C[C@H](C(=O)NCCN1CCOCC1)[C@H]1CC[C@]2(C)Cc3sc(NC(=O)c4cccs4)nc3[C@@H](C)[C@@H]2[C@H]1O. The predicted molar refractivity (Wildman–Crippen MR) is 146 cm³/mol. The molecule has 10 heteroatoms. The van der Waals surface area contributed by atoms with E-state index >= 15 is 0 Å². The molecule has 1 saturated heterocycles. The van der Waals surface area contributed by atoms with Crippen LogP contribution >= 0.6 is 22.7 Å². The van der Waals surface area contributed by atoms with E-state index in [-0.39, 0.29) is 40.9 Å². The zero-order chi connectivity index (χ0) is 26.2. The summed E-state index contributed by atoms with van der Waals surface area (Å²) in [4.78, 5) is 34.6. The fraction of sp³-hybridized carbons (Fsp3) is 0.667. The summed E-state index contributed by atoms with van der Waals surface area (Å²) in [7, 11) is 0. The Balaban J connectivity index is 1.24. The second-order valence-electron chi connectivity index (χ2n) is 11.1. The summed E-state index contributed by atoms with van der Waals surface area (Å²) in [6.45, 7) is 11.1. The average molecular weight is 547 g/mol. The molecule has 2 aromatic heterocycles. The van der Waals surface area contributed by atoms with Crippen molar-refractivity contribution in [2.24, 2.45) is 23.2 Å². The fourth-order valence-corrected chi connectivity index (χ4v) is 8.56. The van der Waals surface area contributed by atoms with Gasteiger partial charge in [0.25, 0.3) is 5.91 Å². The Labute approximate surface area is 226 Å². The minimum atomic E-state index is -0.576. The lowest BCUT2D eigenvalue weighted by Crippen LogP contribution is -2.53. The lowest BCUT2D eigenvalue weighted by atomic mass is 9.53. The van der Waals surface area contributed by atoms with Crippen molar-refractivity contribution < 1.29 is 19.4 Å². The zero-order valence-electron chi connectivity index (χ0n) is 21.9. The van der Waals surface area contributed by atoms with E-state index < -0.39 is 6.10 Å². The number of amides is 2. The van der Waals surface area contributed by atoms with Crippen LogP contribution in [0, 0.1) is 23.2 Å². The highest BCUT2D eigenvalue weighted by atomic mass is 32.1. The first kappa shape index (κ1) is 26.7. The van der Waals surface area contributed by atoms with Crippen molar-refractivity contribution in [1.82, 2.24) is 15.2 Å². The average Bonchev–Trinajstić information content (AvgIpc) is 3.54. The summed E-state index contributed by atoms with van der Waals surface area (Å²) in [6.07, 6.45) is 2.05. The lowest BCUT2D eigenvalue weighted by Gasteiger charge is -2.53. The number of aliphatic hydroxyl groups excluding tert-OH is 1. The largest absolute Gasteiger partial charge is 0.392 e. The number of anilines is 1. The molecule has 2 amide bonds. The molecule has 1 aliphatic heterocycles. The lowest BCUT2D eigenvalue weighted by molar-refractivity contribution is -0.134. The number of hydrogen-bond donors (Lipinski definition) is 3. The molecular formula is C27H38N4O4S2. The molecule has 3 heterocycles. The first-order valence-corrected chi connectivity index (χ1v) is 15.1. The minimum Gasteiger partial charge on any atom is -0.392 e. The van der Waals surface area contributed by atoms with Crippen LogP contribution in [0.3, 0.4) is 0 Å². The van der Waals surface area contributed by atoms with Crippen molar-refractivity contribution in [3.63, 3.8) is 0 Å². The molecule has 2 aliphatic carbocycles. The number of ether oxygens (including phenoxy) is 1. The first-order valence-electron chi connectivity index (χ1n) is 13.4. The third kappa shape index (κ3) is 5.49. The number of thiophene rings is 1. The van der Waals surface area contributed by atoms with Gasteiger partial charge in [0, 0.05) is 42.9 Å². The van der Waals surface area contributed by atoms with Crippen molar-refractivity contribution in [1.29, 1.82) is 0 Å². The maximum absolute atomic E-state index is 13.0. The highest BCUT2D eigenvalue weighted by Gasteiger charge is 2.53. The monoisotopic (exact) mass is 546 g/mol. The highest BCUT2D eigenvalue weighted by Crippen LogP contribution is 2.57. The Hall–Kier alpha value is -1.85. The van der Waals surface area contributed by atoms with Crippen molar-refractivity contribution in [3.8, 4) is 0 Å². The maximum Gasteiger partial charge on any atom is 0.267 e. The van der Waals surface area contributed by atoms with Gasteiger partial charge in [0.2, 0.25) is 5.91 Å². The maximum atomic E-state index is 13.0. The van der Waals surface area contributed by atoms with E-state index in [1.54, 1.807) is 11.3 Å². The fourth-order valence-electron chi connectivity index (χ4n) is 6.68. The number of rotatable bonds is 7. The van der Waals surface area contributed by atoms with Crippen LogP contribution in [0.25, 0.3) is 0 Å². The zero-order valence-corrected chi connectivity index (χ0v) is 23.5. The molecule has 0 aromatic carbocycles. The third-order valence-electron chi connectivity index (χ3n) is 8.77. The van der Waals surface area contributed by atoms with Gasteiger partial charge in [-0.1, -0.05) is 26.8 Å². The predicted octanol–water partition coefficient (Wildman–Crippen LogP) is 3.59. The highest BCUT2D eigenvalue weighted by molar-refractivity contribution is 7.16. The molecule has 2 aromatic rings. The van der Waals surface area contributed by atoms with E-state index in [1.807, 2.05) is 24.4 Å². The summed E-state index contributed by atoms with van der Waals surface area (Å²) < 4.78 is 5.39. The van der Waals surface area contributed by atoms with E-state index in [4.69, 9.17) is 9.72 Å². The van der Waals surface area contributed by atoms with Crippen LogP contribution in [0.4, 0.5) is 5.13 Å². The van der Waals surface area contributed by atoms with Crippen molar-refractivity contribution >= 4 is 39.6 Å². The van der Waals surface area contributed by atoms with Crippen LogP contribution in [-0.4, -0.2) is 72.3 Å². The van der Waals surface area contributed by atoms with Gasteiger partial charge in [-0.25, -0.2) is 4.98 Å². The van der Waals surface area contributed by atoms with Gasteiger partial charge in [0.05, 0.1) is 29.9 Å². The molecule has 3 N–H and O–H groups in total. The van der Waals surface area contributed by atoms with Crippen molar-refractivity contribution in [2.75, 3.05) is 44.7 Å². The number of nitrogens with one attached hydrogen (secondary N) is 2. The number of aliphatic hydroxyl groups is 1. The summed E-state index contributed by atoms with van der Waals surface area (Å²) in [5.74, 6) is -0.378. The molecule has 0 radical (unpaired) electrons. The first-order chi connectivity index (χ1) is 17.8. The number of aromatic nitrogens is 1.